The van der Waals surface area contributed by atoms with Crippen LogP contribution in [0.2, 0.25) is 0 Å². The van der Waals surface area contributed by atoms with Crippen LogP contribution >= 0.6 is 0 Å². The lowest BCUT2D eigenvalue weighted by molar-refractivity contribution is -0.130. The van der Waals surface area contributed by atoms with E-state index in [1.54, 1.807) is 13.8 Å². The van der Waals surface area contributed by atoms with Gasteiger partial charge in [-0.05, 0) is 86.4 Å². The highest BCUT2D eigenvalue weighted by Gasteiger charge is 2.56. The number of carbonyl (C=O) groups is 6. The number of rotatable bonds is 6. The molecule has 10 N–H and O–H groups in total. The number of hydrogen-bond acceptors (Lipinski definition) is 12. The number of phenols is 2. The second-order valence-corrected chi connectivity index (χ2v) is 15.1. The Labute approximate surface area is 353 Å². The zero-order valence-electron chi connectivity index (χ0n) is 33.1. The van der Waals surface area contributed by atoms with Gasteiger partial charge in [0, 0.05) is 23.3 Å². The zero-order valence-corrected chi connectivity index (χ0v) is 33.1. The number of ketones is 2. The third kappa shape index (κ3) is 7.37. The highest BCUT2D eigenvalue weighted by Crippen LogP contribution is 2.48. The summed E-state index contributed by atoms with van der Waals surface area (Å²) >= 11 is 0. The van der Waals surface area contributed by atoms with Crippen LogP contribution in [0.25, 0.3) is 0 Å². The number of amides is 2. The van der Waals surface area contributed by atoms with E-state index >= 15 is 0 Å². The first-order valence-electron chi connectivity index (χ1n) is 19.2. The van der Waals surface area contributed by atoms with E-state index in [1.807, 2.05) is 0 Å². The number of phenolic OH excluding ortho intramolecular Hbond substituents is 2. The Balaban J connectivity index is 1.41. The maximum absolute atomic E-state index is 14.6. The molecule has 0 bridgehead atoms. The maximum Gasteiger partial charge on any atom is 0.337 e. The molecule has 316 valence electrons. The van der Waals surface area contributed by atoms with Crippen molar-refractivity contribution in [2.24, 2.45) is 0 Å². The summed E-state index contributed by atoms with van der Waals surface area (Å²) in [6.45, 7) is 3.15. The molecule has 3 aliphatic rings. The summed E-state index contributed by atoms with van der Waals surface area (Å²) in [5, 5.41) is 76.0. The van der Waals surface area contributed by atoms with Crippen LogP contribution in [0.1, 0.15) is 81.9 Å². The van der Waals surface area contributed by atoms with Crippen molar-refractivity contribution < 1.29 is 59.4 Å². The number of benzene rings is 4. The van der Waals surface area contributed by atoms with Crippen molar-refractivity contribution in [1.82, 2.24) is 0 Å². The first-order valence-corrected chi connectivity index (χ1v) is 19.2. The SMILES string of the molecule is CC1=C\C[C@H](O)c2cc(O)cc3c2[C@@](Nc2ccccc2C(=O)O)(C(=O)/C=C/C(C)=C/C[C@H](O)c2cc(O)cc4c2[C@@](Nc2ccccc2C(=O)O)(C(=O)\C=C\1)C(=O)N4)C(=O)N3. The van der Waals surface area contributed by atoms with Crippen molar-refractivity contribution in [1.29, 1.82) is 0 Å². The number of hydrogen-bond donors (Lipinski definition) is 10. The van der Waals surface area contributed by atoms with Crippen LogP contribution in [0.5, 0.6) is 11.5 Å². The van der Waals surface area contributed by atoms with Gasteiger partial charge in [-0.3, -0.25) is 19.2 Å². The number of carbonyl (C=O) groups excluding carboxylic acids is 4. The van der Waals surface area contributed by atoms with Gasteiger partial charge in [0.2, 0.25) is 11.1 Å². The molecule has 0 aromatic heterocycles. The van der Waals surface area contributed by atoms with Crippen LogP contribution in [0.4, 0.5) is 22.7 Å². The Morgan fingerprint density at radius 2 is 0.968 bits per heavy atom. The number of carboxylic acids is 2. The minimum Gasteiger partial charge on any atom is -0.508 e. The van der Waals surface area contributed by atoms with E-state index < -0.39 is 58.6 Å². The monoisotopic (exact) mass is 840 g/mol. The quantitative estimate of drug-likeness (QED) is 0.104. The maximum atomic E-state index is 14.6. The Morgan fingerprint density at radius 1 is 0.597 bits per heavy atom. The summed E-state index contributed by atoms with van der Waals surface area (Å²) < 4.78 is 0. The first kappa shape index (κ1) is 42.3. The summed E-state index contributed by atoms with van der Waals surface area (Å²) in [4.78, 5) is 82.2. The van der Waals surface area contributed by atoms with Gasteiger partial charge in [0.15, 0.2) is 11.6 Å². The molecule has 0 unspecified atom stereocenters. The minimum absolute atomic E-state index is 0.0341. The molecule has 2 amide bonds. The fourth-order valence-corrected chi connectivity index (χ4v) is 7.96. The van der Waals surface area contributed by atoms with Gasteiger partial charge in [-0.1, -0.05) is 59.7 Å². The van der Waals surface area contributed by atoms with Crippen molar-refractivity contribution in [3.63, 3.8) is 0 Å². The third-order valence-electron chi connectivity index (χ3n) is 11.0. The van der Waals surface area contributed by atoms with Crippen LogP contribution in [0, 0.1) is 0 Å². The summed E-state index contributed by atoms with van der Waals surface area (Å²) in [7, 11) is 0. The second-order valence-electron chi connectivity index (χ2n) is 15.1. The van der Waals surface area contributed by atoms with Crippen molar-refractivity contribution in [3.8, 4) is 11.5 Å². The smallest absolute Gasteiger partial charge is 0.337 e. The minimum atomic E-state index is -2.38. The number of para-hydroxylation sites is 2. The molecular weight excluding hydrogens is 801 g/mol. The van der Waals surface area contributed by atoms with Crippen molar-refractivity contribution in [2.45, 2.75) is 50.0 Å². The molecule has 4 atom stereocenters. The van der Waals surface area contributed by atoms with Gasteiger partial charge in [-0.15, -0.1) is 0 Å². The van der Waals surface area contributed by atoms with Gasteiger partial charge < -0.3 is 51.9 Å². The van der Waals surface area contributed by atoms with E-state index in [-0.39, 0.29) is 80.5 Å². The molecule has 0 spiro atoms. The standard InChI is InChI=1S/C46H40N4O12/c1-23-11-15-35(53)29-19-25(51)21-33-39(29)46(44(62)48-33,50-32-10-6-4-8-28(32)42(59)60)38(56)18-14-24(2)12-16-36(54)30-20-26(52)22-34-40(30)45(43(61)47-34,37(55)17-13-23)49-31-9-5-3-7-27(31)41(57)58/h3-14,17-22,35-36,49-54H,15-16H2,1-2H3,(H,47,61)(H,48,62)(H,57,58)(H,59,60)/b17-13+,18-14+,23-11+,24-12+/t35-,36-,45-,46-/m0/s1. The summed E-state index contributed by atoms with van der Waals surface area (Å²) in [5.74, 6) is -7.10. The molecule has 4 aromatic rings. The highest BCUT2D eigenvalue weighted by atomic mass is 16.4. The number of anilines is 4. The molecule has 0 saturated carbocycles. The molecule has 2 heterocycles. The number of aromatic hydroxyl groups is 2. The number of allylic oxidation sites excluding steroid dienone is 4. The predicted octanol–water partition coefficient (Wildman–Crippen LogP) is 5.72. The molecule has 1 aliphatic carbocycles. The van der Waals surface area contributed by atoms with E-state index in [1.165, 1.54) is 97.1 Å². The van der Waals surface area contributed by atoms with Gasteiger partial charge in [0.25, 0.3) is 11.8 Å². The Hall–Kier alpha value is -7.82. The summed E-state index contributed by atoms with van der Waals surface area (Å²) in [5.41, 5.74) is -5.14. The number of aromatic carboxylic acids is 2. The van der Waals surface area contributed by atoms with Crippen molar-refractivity contribution >= 4 is 58.1 Å². The van der Waals surface area contributed by atoms with Crippen molar-refractivity contribution in [2.75, 3.05) is 21.3 Å². The van der Waals surface area contributed by atoms with E-state index in [2.05, 4.69) is 21.3 Å². The molecule has 62 heavy (non-hydrogen) atoms. The van der Waals surface area contributed by atoms with Gasteiger partial charge in [-0.25, -0.2) is 9.59 Å². The van der Waals surface area contributed by atoms with E-state index in [9.17, 15) is 59.4 Å². The van der Waals surface area contributed by atoms with Gasteiger partial charge in [0.1, 0.15) is 11.5 Å². The summed E-state index contributed by atoms with van der Waals surface area (Å²) in [6, 6.07) is 16.0. The Morgan fingerprint density at radius 3 is 1.34 bits per heavy atom. The second kappa shape index (κ2) is 16.3. The lowest BCUT2D eigenvalue weighted by Crippen LogP contribution is -2.49. The Bertz CT molecular complexity index is 2550. The molecule has 4 aromatic carbocycles. The van der Waals surface area contributed by atoms with Crippen LogP contribution in [-0.4, -0.2) is 66.0 Å². The first-order chi connectivity index (χ1) is 29.5. The van der Waals surface area contributed by atoms with Gasteiger partial charge >= 0.3 is 11.9 Å². The Kier molecular flexibility index (Phi) is 11.1. The third-order valence-corrected chi connectivity index (χ3v) is 11.0. The highest BCUT2D eigenvalue weighted by molar-refractivity contribution is 6.27. The molecule has 0 fully saturated rings. The predicted molar refractivity (Wildman–Crippen MR) is 226 cm³/mol. The van der Waals surface area contributed by atoms with Gasteiger partial charge in [-0.2, -0.15) is 0 Å². The molecule has 16 nitrogen and oxygen atoms in total. The number of aliphatic hydroxyl groups excluding tert-OH is 2. The lowest BCUT2D eigenvalue weighted by atomic mass is 9.80. The van der Waals surface area contributed by atoms with Crippen LogP contribution in [0.15, 0.2) is 120 Å². The largest absolute Gasteiger partial charge is 0.508 e. The fourth-order valence-electron chi connectivity index (χ4n) is 7.96. The molecule has 0 saturated heterocycles. The van der Waals surface area contributed by atoms with Crippen LogP contribution in [-0.2, 0) is 30.3 Å². The number of aliphatic hydroxyl groups is 2. The lowest BCUT2D eigenvalue weighted by Gasteiger charge is -2.31. The van der Waals surface area contributed by atoms with Crippen molar-refractivity contribution in [3.05, 3.63) is 154 Å². The average Bonchev–Trinajstić information content (AvgIpc) is 3.67. The van der Waals surface area contributed by atoms with Crippen LogP contribution in [0.3, 0.4) is 0 Å². The summed E-state index contributed by atoms with van der Waals surface area (Å²) in [6.07, 6.45) is 4.35. The van der Waals surface area contributed by atoms with E-state index in [4.69, 9.17) is 0 Å². The fraction of sp³-hybridized carbons (Fsp3) is 0.174. The normalized spacial score (nSPS) is 25.1. The van der Waals surface area contributed by atoms with Gasteiger partial charge in [0.05, 0.1) is 46.1 Å². The molecule has 16 heteroatoms. The topological polar surface area (TPSA) is 272 Å². The zero-order chi connectivity index (χ0) is 44.7. The molecule has 2 aliphatic heterocycles. The van der Waals surface area contributed by atoms with E-state index in [0.29, 0.717) is 11.1 Å². The van der Waals surface area contributed by atoms with Crippen LogP contribution < -0.4 is 21.3 Å². The molecule has 0 radical (unpaired) electrons. The van der Waals surface area contributed by atoms with E-state index in [0.717, 1.165) is 12.2 Å². The number of nitrogens with one attached hydrogen (secondary N) is 4. The average molecular weight is 841 g/mol. The molecular formula is C46H40N4O12. The molecule has 7 rings (SSSR count). The number of carboxylic acid groups (broad SMARTS) is 2.